The molecule has 0 aliphatic rings. The van der Waals surface area contributed by atoms with Gasteiger partial charge in [0.25, 0.3) is 0 Å². The number of anilines is 1. The molecule has 1 N–H and O–H groups in total. The maximum Gasteiger partial charge on any atom is 0.121 e. The second-order valence-corrected chi connectivity index (χ2v) is 7.20. The van der Waals surface area contributed by atoms with E-state index in [0.717, 1.165) is 42.0 Å². The minimum Gasteiger partial charge on any atom is -0.497 e. The summed E-state index contributed by atoms with van der Waals surface area (Å²) in [5.74, 6) is 0.857. The summed E-state index contributed by atoms with van der Waals surface area (Å²) < 4.78 is 5.45. The number of aromatic nitrogens is 1. The van der Waals surface area contributed by atoms with E-state index in [0.29, 0.717) is 0 Å². The van der Waals surface area contributed by atoms with E-state index < -0.39 is 0 Å². The molecule has 0 aliphatic heterocycles. The molecule has 1 aromatic heterocycles. The molecule has 25 heavy (non-hydrogen) atoms. The summed E-state index contributed by atoms with van der Waals surface area (Å²) in [5.41, 5.74) is 2.10. The van der Waals surface area contributed by atoms with Crippen LogP contribution in [-0.2, 0) is 0 Å². The predicted molar refractivity (Wildman–Crippen MR) is 108 cm³/mol. The van der Waals surface area contributed by atoms with Gasteiger partial charge < -0.3 is 10.1 Å². The van der Waals surface area contributed by atoms with Gasteiger partial charge in [-0.1, -0.05) is 32.8 Å². The van der Waals surface area contributed by atoms with Crippen molar-refractivity contribution < 1.29 is 4.74 Å². The Morgan fingerprint density at radius 1 is 1.20 bits per heavy atom. The highest BCUT2D eigenvalue weighted by Gasteiger charge is 2.25. The van der Waals surface area contributed by atoms with Crippen LogP contribution in [0.3, 0.4) is 0 Å². The van der Waals surface area contributed by atoms with Gasteiger partial charge in [0.05, 0.1) is 18.3 Å². The fourth-order valence-electron chi connectivity index (χ4n) is 3.28. The van der Waals surface area contributed by atoms with Crippen LogP contribution in [0.15, 0.2) is 30.5 Å². The summed E-state index contributed by atoms with van der Waals surface area (Å²) in [7, 11) is 1.71. The highest BCUT2D eigenvalue weighted by molar-refractivity contribution is 5.91. The van der Waals surface area contributed by atoms with E-state index >= 15 is 0 Å². The summed E-state index contributed by atoms with van der Waals surface area (Å²) in [6.45, 7) is 12.2. The lowest BCUT2D eigenvalue weighted by molar-refractivity contribution is 0.136. The first kappa shape index (κ1) is 19.5. The number of benzene rings is 1. The molecule has 4 heteroatoms. The van der Waals surface area contributed by atoms with Crippen molar-refractivity contribution in [2.75, 3.05) is 32.1 Å². The first-order chi connectivity index (χ1) is 12.0. The molecule has 0 amide bonds. The molecule has 0 fully saturated rings. The number of pyridine rings is 1. The fraction of sp³-hybridized carbons (Fsp3) is 0.571. The van der Waals surface area contributed by atoms with Gasteiger partial charge in [-0.15, -0.1) is 0 Å². The molecule has 0 unspecified atom stereocenters. The number of fused-ring (bicyclic) bond motifs is 1. The molecule has 0 saturated carbocycles. The topological polar surface area (TPSA) is 37.4 Å². The van der Waals surface area contributed by atoms with E-state index in [9.17, 15) is 0 Å². The highest BCUT2D eigenvalue weighted by Crippen LogP contribution is 2.28. The first-order valence-electron chi connectivity index (χ1n) is 9.43. The van der Waals surface area contributed by atoms with Crippen LogP contribution in [0.2, 0.25) is 0 Å². The molecule has 0 saturated heterocycles. The summed E-state index contributed by atoms with van der Waals surface area (Å²) >= 11 is 0. The maximum atomic E-state index is 5.45. The number of ether oxygens (including phenoxy) is 1. The van der Waals surface area contributed by atoms with Crippen LogP contribution in [0.5, 0.6) is 5.75 Å². The molecule has 0 bridgehead atoms. The minimum atomic E-state index is 0.0761. The second kappa shape index (κ2) is 9.04. The minimum absolute atomic E-state index is 0.0761. The van der Waals surface area contributed by atoms with Crippen LogP contribution in [0.25, 0.3) is 10.9 Å². The molecular weight excluding hydrogens is 310 g/mol. The molecule has 1 aromatic carbocycles. The highest BCUT2D eigenvalue weighted by atomic mass is 16.5. The lowest BCUT2D eigenvalue weighted by Crippen LogP contribution is -2.49. The Hall–Kier alpha value is -1.81. The van der Waals surface area contributed by atoms with Crippen molar-refractivity contribution in [1.82, 2.24) is 9.88 Å². The number of nitrogens with one attached hydrogen (secondary N) is 1. The van der Waals surface area contributed by atoms with Crippen LogP contribution < -0.4 is 10.1 Å². The predicted octanol–water partition coefficient (Wildman–Crippen LogP) is 4.95. The van der Waals surface area contributed by atoms with E-state index in [1.54, 1.807) is 7.11 Å². The first-order valence-corrected chi connectivity index (χ1v) is 9.43. The van der Waals surface area contributed by atoms with Gasteiger partial charge in [0, 0.05) is 29.7 Å². The number of unbranched alkanes of at least 4 members (excludes halogenated alkanes) is 2. The van der Waals surface area contributed by atoms with Crippen molar-refractivity contribution in [3.8, 4) is 5.75 Å². The van der Waals surface area contributed by atoms with Crippen molar-refractivity contribution in [1.29, 1.82) is 0 Å². The van der Waals surface area contributed by atoms with Crippen LogP contribution in [-0.4, -0.2) is 42.2 Å². The van der Waals surface area contributed by atoms with E-state index in [-0.39, 0.29) is 5.54 Å². The zero-order chi connectivity index (χ0) is 18.3. The SMILES string of the molecule is CCCCCN(CC)C(C)(C)CNc1cc(OC)cc2cccnc12. The number of hydrogen-bond acceptors (Lipinski definition) is 4. The number of likely N-dealkylation sites (N-methyl/N-ethyl adjacent to an activating group) is 1. The Kier molecular flexibility index (Phi) is 7.06. The number of hydrogen-bond donors (Lipinski definition) is 1. The van der Waals surface area contributed by atoms with Crippen molar-refractivity contribution in [2.45, 2.75) is 52.5 Å². The quantitative estimate of drug-likeness (QED) is 0.620. The standard InChI is InChI=1S/C21H33N3O/c1-6-8-9-13-24(7-2)21(3,4)16-23-19-15-18(25-5)14-17-11-10-12-22-20(17)19/h10-12,14-15,23H,6-9,13,16H2,1-5H3. The van der Waals surface area contributed by atoms with Gasteiger partial charge in [0.2, 0.25) is 0 Å². The molecule has 2 rings (SSSR count). The third-order valence-electron chi connectivity index (χ3n) is 4.89. The summed E-state index contributed by atoms with van der Waals surface area (Å²) in [4.78, 5) is 7.11. The van der Waals surface area contributed by atoms with E-state index in [2.05, 4.69) is 49.0 Å². The van der Waals surface area contributed by atoms with Crippen molar-refractivity contribution in [3.05, 3.63) is 30.5 Å². The fourth-order valence-corrected chi connectivity index (χ4v) is 3.28. The second-order valence-electron chi connectivity index (χ2n) is 7.20. The van der Waals surface area contributed by atoms with Crippen LogP contribution >= 0.6 is 0 Å². The Balaban J connectivity index is 2.14. The van der Waals surface area contributed by atoms with Gasteiger partial charge >= 0.3 is 0 Å². The van der Waals surface area contributed by atoms with Gasteiger partial charge in [-0.2, -0.15) is 0 Å². The van der Waals surface area contributed by atoms with Crippen molar-refractivity contribution >= 4 is 16.6 Å². The Morgan fingerprint density at radius 2 is 2.00 bits per heavy atom. The van der Waals surface area contributed by atoms with Gasteiger partial charge in [0.1, 0.15) is 5.75 Å². The third-order valence-corrected chi connectivity index (χ3v) is 4.89. The molecule has 138 valence electrons. The molecular formula is C21H33N3O. The van der Waals surface area contributed by atoms with E-state index in [4.69, 9.17) is 4.74 Å². The van der Waals surface area contributed by atoms with Gasteiger partial charge in [-0.05, 0) is 45.5 Å². The largest absolute Gasteiger partial charge is 0.497 e. The summed E-state index contributed by atoms with van der Waals surface area (Å²) in [6, 6.07) is 8.10. The van der Waals surface area contributed by atoms with Gasteiger partial charge in [-0.3, -0.25) is 9.88 Å². The molecule has 0 radical (unpaired) electrons. The van der Waals surface area contributed by atoms with Crippen molar-refractivity contribution in [3.63, 3.8) is 0 Å². The Bertz CT molecular complexity index is 669. The van der Waals surface area contributed by atoms with Crippen LogP contribution in [0.4, 0.5) is 5.69 Å². The summed E-state index contributed by atoms with van der Waals surface area (Å²) in [5, 5.41) is 4.72. The maximum absolute atomic E-state index is 5.45. The molecule has 0 aliphatic carbocycles. The van der Waals surface area contributed by atoms with Crippen LogP contribution in [0, 0.1) is 0 Å². The molecule has 2 aromatic rings. The lowest BCUT2D eigenvalue weighted by atomic mass is 10.0. The number of nitrogens with zero attached hydrogens (tertiary/aromatic N) is 2. The normalized spacial score (nSPS) is 11.9. The number of methoxy groups -OCH3 is 1. The average Bonchev–Trinajstić information content (AvgIpc) is 2.62. The third kappa shape index (κ3) is 5.08. The molecule has 0 spiro atoms. The van der Waals surface area contributed by atoms with Gasteiger partial charge in [-0.25, -0.2) is 0 Å². The average molecular weight is 344 g/mol. The van der Waals surface area contributed by atoms with Crippen LogP contribution in [0.1, 0.15) is 47.0 Å². The van der Waals surface area contributed by atoms with Gasteiger partial charge in [0.15, 0.2) is 0 Å². The lowest BCUT2D eigenvalue weighted by Gasteiger charge is -2.38. The molecule has 0 atom stereocenters. The van der Waals surface area contributed by atoms with Crippen molar-refractivity contribution in [2.24, 2.45) is 0 Å². The number of rotatable bonds is 10. The zero-order valence-electron chi connectivity index (χ0n) is 16.4. The monoisotopic (exact) mass is 343 g/mol. The smallest absolute Gasteiger partial charge is 0.121 e. The molecule has 1 heterocycles. The Morgan fingerprint density at radius 3 is 2.68 bits per heavy atom. The Labute approximate surface area is 152 Å². The van der Waals surface area contributed by atoms with E-state index in [1.165, 1.54) is 19.3 Å². The zero-order valence-corrected chi connectivity index (χ0v) is 16.4. The summed E-state index contributed by atoms with van der Waals surface area (Å²) in [6.07, 6.45) is 5.66. The van der Waals surface area contributed by atoms with E-state index in [1.807, 2.05) is 24.4 Å². The molecule has 4 nitrogen and oxygen atoms in total.